The minimum absolute atomic E-state index is 0.0709. The third-order valence-electron chi connectivity index (χ3n) is 5.19. The van der Waals surface area contributed by atoms with Gasteiger partial charge in [0.25, 0.3) is 0 Å². The van der Waals surface area contributed by atoms with Crippen molar-refractivity contribution < 1.29 is 9.53 Å². The summed E-state index contributed by atoms with van der Waals surface area (Å²) in [4.78, 5) is 19.5. The van der Waals surface area contributed by atoms with E-state index < -0.39 is 6.23 Å². The molecule has 1 aliphatic rings. The van der Waals surface area contributed by atoms with Crippen LogP contribution in [0, 0.1) is 6.92 Å². The lowest BCUT2D eigenvalue weighted by Gasteiger charge is -2.30. The molecule has 166 valence electrons. The number of aryl methyl sites for hydroxylation is 1. The summed E-state index contributed by atoms with van der Waals surface area (Å²) in [5.74, 6) is 1.20. The fraction of sp³-hybridized carbons (Fsp3) is 0.333. The van der Waals surface area contributed by atoms with E-state index in [4.69, 9.17) is 16.3 Å². The second kappa shape index (κ2) is 9.88. The van der Waals surface area contributed by atoms with E-state index in [-0.39, 0.29) is 5.91 Å². The van der Waals surface area contributed by atoms with Crippen molar-refractivity contribution in [3.8, 4) is 17.1 Å². The van der Waals surface area contributed by atoms with E-state index in [1.165, 1.54) is 0 Å². The van der Waals surface area contributed by atoms with Gasteiger partial charge in [-0.1, -0.05) is 67.4 Å². The van der Waals surface area contributed by atoms with Crippen LogP contribution >= 0.6 is 23.4 Å². The highest BCUT2D eigenvalue weighted by Gasteiger charge is 2.35. The fourth-order valence-corrected chi connectivity index (χ4v) is 4.63. The van der Waals surface area contributed by atoms with Gasteiger partial charge in [-0.2, -0.15) is 4.98 Å². The molecular formula is C24H25ClN4O2S. The Morgan fingerprint density at radius 2 is 2.03 bits per heavy atom. The predicted octanol–water partition coefficient (Wildman–Crippen LogP) is 6.23. The zero-order chi connectivity index (χ0) is 22.7. The van der Waals surface area contributed by atoms with Crippen molar-refractivity contribution in [2.24, 2.45) is 0 Å². The summed E-state index contributed by atoms with van der Waals surface area (Å²) in [6, 6.07) is 13.3. The van der Waals surface area contributed by atoms with Gasteiger partial charge in [0.1, 0.15) is 0 Å². The van der Waals surface area contributed by atoms with Crippen LogP contribution in [0.2, 0.25) is 5.02 Å². The lowest BCUT2D eigenvalue weighted by atomic mass is 10.0. The summed E-state index contributed by atoms with van der Waals surface area (Å²) >= 11 is 7.84. The number of carbonyl (C=O) groups is 1. The predicted molar refractivity (Wildman–Crippen MR) is 128 cm³/mol. The summed E-state index contributed by atoms with van der Waals surface area (Å²) in [6.07, 6.45) is 1.76. The van der Waals surface area contributed by atoms with Gasteiger partial charge in [0.15, 0.2) is 5.69 Å². The number of hydrogen-bond acceptors (Lipinski definition) is 6. The number of thioether (sulfide) groups is 1. The Hall–Kier alpha value is -2.64. The summed E-state index contributed by atoms with van der Waals surface area (Å²) < 4.78 is 6.42. The molecule has 1 aromatic heterocycles. The Balaban J connectivity index is 1.90. The zero-order valence-electron chi connectivity index (χ0n) is 18.3. The SMILES string of the molecule is CCCCSc1nnc2c(n1)OC(c1cccc(Cl)c1)N(C(=O)CC)c1ccc(C)cc1-2. The maximum atomic E-state index is 13.2. The Labute approximate surface area is 197 Å². The molecule has 1 atom stereocenters. The number of unbranched alkanes of at least 4 members (excludes halogenated alkanes) is 1. The molecule has 1 amide bonds. The van der Waals surface area contributed by atoms with E-state index in [0.717, 1.165) is 35.3 Å². The number of benzene rings is 2. The molecule has 1 unspecified atom stereocenters. The fourth-order valence-electron chi connectivity index (χ4n) is 3.57. The van der Waals surface area contributed by atoms with Crippen molar-refractivity contribution in [1.29, 1.82) is 0 Å². The minimum atomic E-state index is -0.728. The summed E-state index contributed by atoms with van der Waals surface area (Å²) in [5, 5.41) is 9.95. The normalized spacial score (nSPS) is 14.9. The van der Waals surface area contributed by atoms with E-state index in [1.54, 1.807) is 22.7 Å². The molecule has 0 saturated heterocycles. The molecule has 2 heterocycles. The van der Waals surface area contributed by atoms with Crippen LogP contribution in [0.3, 0.4) is 0 Å². The van der Waals surface area contributed by atoms with Crippen LogP contribution in [-0.2, 0) is 4.79 Å². The number of ether oxygens (including phenoxy) is 1. The topological polar surface area (TPSA) is 68.2 Å². The van der Waals surface area contributed by atoms with Gasteiger partial charge in [0.05, 0.1) is 5.69 Å². The molecule has 4 rings (SSSR count). The molecule has 0 spiro atoms. The van der Waals surface area contributed by atoms with Crippen LogP contribution in [0.25, 0.3) is 11.3 Å². The van der Waals surface area contributed by atoms with Crippen LogP contribution in [0.1, 0.15) is 50.5 Å². The van der Waals surface area contributed by atoms with Crippen molar-refractivity contribution in [1.82, 2.24) is 15.2 Å². The first-order chi connectivity index (χ1) is 15.5. The van der Waals surface area contributed by atoms with E-state index in [2.05, 4.69) is 22.1 Å². The lowest BCUT2D eigenvalue weighted by Crippen LogP contribution is -2.37. The molecule has 0 N–H and O–H groups in total. The zero-order valence-corrected chi connectivity index (χ0v) is 19.9. The van der Waals surface area contributed by atoms with Gasteiger partial charge in [-0.15, -0.1) is 10.2 Å². The van der Waals surface area contributed by atoms with Crippen molar-refractivity contribution in [2.75, 3.05) is 10.7 Å². The maximum Gasteiger partial charge on any atom is 0.247 e. The molecule has 1 aliphatic heterocycles. The molecule has 0 bridgehead atoms. The molecule has 0 fully saturated rings. The number of nitrogens with zero attached hydrogens (tertiary/aromatic N) is 4. The van der Waals surface area contributed by atoms with Crippen molar-refractivity contribution >= 4 is 35.0 Å². The molecule has 0 aliphatic carbocycles. The first-order valence-electron chi connectivity index (χ1n) is 10.7. The Kier molecular flexibility index (Phi) is 6.96. The van der Waals surface area contributed by atoms with Crippen LogP contribution in [0.5, 0.6) is 5.88 Å². The molecule has 8 heteroatoms. The van der Waals surface area contributed by atoms with Gasteiger partial charge in [-0.3, -0.25) is 9.69 Å². The van der Waals surface area contributed by atoms with E-state index in [9.17, 15) is 4.79 Å². The van der Waals surface area contributed by atoms with Gasteiger partial charge in [-0.05, 0) is 37.6 Å². The van der Waals surface area contributed by atoms with Crippen LogP contribution in [0.15, 0.2) is 47.6 Å². The molecule has 0 radical (unpaired) electrons. The molecule has 6 nitrogen and oxygen atoms in total. The monoisotopic (exact) mass is 468 g/mol. The average Bonchev–Trinajstić information content (AvgIpc) is 2.93. The van der Waals surface area contributed by atoms with Crippen molar-refractivity contribution in [3.05, 3.63) is 58.6 Å². The highest BCUT2D eigenvalue weighted by Crippen LogP contribution is 2.44. The number of carbonyl (C=O) groups excluding carboxylic acids is 1. The van der Waals surface area contributed by atoms with Crippen molar-refractivity contribution in [3.63, 3.8) is 0 Å². The molecule has 0 saturated carbocycles. The smallest absolute Gasteiger partial charge is 0.247 e. The van der Waals surface area contributed by atoms with Gasteiger partial charge in [-0.25, -0.2) is 0 Å². The number of amides is 1. The highest BCUT2D eigenvalue weighted by molar-refractivity contribution is 7.99. The van der Waals surface area contributed by atoms with Gasteiger partial charge in [0, 0.05) is 28.3 Å². The lowest BCUT2D eigenvalue weighted by molar-refractivity contribution is -0.120. The Morgan fingerprint density at radius 1 is 1.19 bits per heavy atom. The van der Waals surface area contributed by atoms with Gasteiger partial charge < -0.3 is 4.74 Å². The second-order valence-electron chi connectivity index (χ2n) is 7.61. The number of fused-ring (bicyclic) bond motifs is 3. The molecule has 3 aromatic rings. The highest BCUT2D eigenvalue weighted by atomic mass is 35.5. The molecular weight excluding hydrogens is 444 g/mol. The van der Waals surface area contributed by atoms with Crippen LogP contribution in [0.4, 0.5) is 5.69 Å². The first-order valence-corrected chi connectivity index (χ1v) is 12.1. The third kappa shape index (κ3) is 4.59. The van der Waals surface area contributed by atoms with E-state index >= 15 is 0 Å². The third-order valence-corrected chi connectivity index (χ3v) is 6.35. The van der Waals surface area contributed by atoms with E-state index in [1.807, 2.05) is 50.2 Å². The molecule has 32 heavy (non-hydrogen) atoms. The van der Waals surface area contributed by atoms with E-state index in [0.29, 0.717) is 33.9 Å². The van der Waals surface area contributed by atoms with Gasteiger partial charge in [0.2, 0.25) is 23.2 Å². The average molecular weight is 469 g/mol. The largest absolute Gasteiger partial charge is 0.447 e. The summed E-state index contributed by atoms with van der Waals surface area (Å²) in [7, 11) is 0. The maximum absolute atomic E-state index is 13.2. The standard InChI is InChI=1S/C24H25ClN4O2S/c1-4-6-12-32-24-26-22-21(27-28-24)18-13-15(3)10-11-19(18)29(20(30)5-2)23(31-22)16-8-7-9-17(25)14-16/h7-11,13-14,23H,4-6,12H2,1-3H3. The van der Waals surface area contributed by atoms with Crippen LogP contribution < -0.4 is 9.64 Å². The number of halogens is 1. The summed E-state index contributed by atoms with van der Waals surface area (Å²) in [6.45, 7) is 5.99. The quantitative estimate of drug-likeness (QED) is 0.315. The number of rotatable bonds is 6. The van der Waals surface area contributed by atoms with Crippen molar-refractivity contribution in [2.45, 2.75) is 51.4 Å². The number of aromatic nitrogens is 3. The van der Waals surface area contributed by atoms with Gasteiger partial charge >= 0.3 is 0 Å². The Morgan fingerprint density at radius 3 is 2.78 bits per heavy atom. The second-order valence-corrected chi connectivity index (χ2v) is 9.11. The van der Waals surface area contributed by atoms with Crippen LogP contribution in [-0.4, -0.2) is 26.8 Å². The number of anilines is 1. The first kappa shape index (κ1) is 22.6. The molecule has 2 aromatic carbocycles. The Bertz CT molecular complexity index is 1140. The summed E-state index contributed by atoms with van der Waals surface area (Å²) in [5.41, 5.74) is 3.83. The minimum Gasteiger partial charge on any atom is -0.447 e. The number of hydrogen-bond donors (Lipinski definition) is 0.